The molecule has 0 bridgehead atoms. The van der Waals surface area contributed by atoms with Gasteiger partial charge < -0.3 is 15.4 Å². The number of para-hydroxylation sites is 1. The zero-order valence-electron chi connectivity index (χ0n) is 21.6. The molecular weight excluding hydrogens is 526 g/mol. The summed E-state index contributed by atoms with van der Waals surface area (Å²) < 4.78 is 5.96. The first kappa shape index (κ1) is 25.4. The van der Waals surface area contributed by atoms with Crippen LogP contribution >= 0.6 is 11.3 Å². The molecule has 0 unspecified atom stereocenters. The number of thiophene rings is 1. The van der Waals surface area contributed by atoms with Gasteiger partial charge in [-0.2, -0.15) is 0 Å². The fourth-order valence-corrected chi connectivity index (χ4v) is 6.07. The Balaban J connectivity index is 1.34. The molecule has 9 nitrogen and oxygen atoms in total. The van der Waals surface area contributed by atoms with Crippen LogP contribution in [0.5, 0.6) is 11.5 Å². The van der Waals surface area contributed by atoms with E-state index in [-0.39, 0.29) is 11.9 Å². The minimum atomic E-state index is -0.467. The van der Waals surface area contributed by atoms with Crippen LogP contribution in [0.4, 0.5) is 21.9 Å². The van der Waals surface area contributed by atoms with Gasteiger partial charge in [0.05, 0.1) is 28.5 Å². The Morgan fingerprint density at radius 2 is 2.00 bits per heavy atom. The van der Waals surface area contributed by atoms with Crippen LogP contribution in [0.15, 0.2) is 78.4 Å². The first-order valence-electron chi connectivity index (χ1n) is 12.8. The number of benzene rings is 2. The first-order valence-corrected chi connectivity index (χ1v) is 13.7. The number of rotatable bonds is 6. The van der Waals surface area contributed by atoms with E-state index >= 15 is 0 Å². The van der Waals surface area contributed by atoms with E-state index in [2.05, 4.69) is 27.2 Å². The van der Waals surface area contributed by atoms with Gasteiger partial charge in [0.15, 0.2) is 0 Å². The molecule has 2 N–H and O–H groups in total. The van der Waals surface area contributed by atoms with Gasteiger partial charge in [0.2, 0.25) is 5.91 Å². The Kier molecular flexibility index (Phi) is 6.61. The summed E-state index contributed by atoms with van der Waals surface area (Å²) in [5, 5.41) is 6.43. The fourth-order valence-electron chi connectivity index (χ4n) is 5.07. The lowest BCUT2D eigenvalue weighted by molar-refractivity contribution is -0.116. The van der Waals surface area contributed by atoms with Crippen molar-refractivity contribution in [2.45, 2.75) is 32.2 Å². The molecule has 200 valence electrons. The van der Waals surface area contributed by atoms with Crippen LogP contribution in [0.3, 0.4) is 0 Å². The number of ether oxygens (including phenoxy) is 1. The van der Waals surface area contributed by atoms with Crippen LogP contribution < -0.4 is 20.3 Å². The summed E-state index contributed by atoms with van der Waals surface area (Å²) >= 11 is 1.19. The van der Waals surface area contributed by atoms with Crippen molar-refractivity contribution in [3.05, 3.63) is 83.9 Å². The molecular formula is C30H25N5O4S. The number of carbonyl (C=O) groups excluding carboxylic acids is 3. The van der Waals surface area contributed by atoms with Crippen LogP contribution in [-0.2, 0) is 4.79 Å². The number of aromatic nitrogens is 1. The predicted octanol–water partition coefficient (Wildman–Crippen LogP) is 6.52. The largest absolute Gasteiger partial charge is 0.457 e. The number of urea groups is 1. The number of hydrogen-bond acceptors (Lipinski definition) is 6. The summed E-state index contributed by atoms with van der Waals surface area (Å²) in [6, 6.07) is 16.1. The lowest BCUT2D eigenvalue weighted by Crippen LogP contribution is -2.37. The number of carbonyl (C=O) groups is 3. The molecule has 0 radical (unpaired) electrons. The quantitative estimate of drug-likeness (QED) is 0.265. The van der Waals surface area contributed by atoms with E-state index in [1.54, 1.807) is 17.2 Å². The van der Waals surface area contributed by atoms with Gasteiger partial charge in [-0.15, -0.1) is 11.3 Å². The summed E-state index contributed by atoms with van der Waals surface area (Å²) in [5.74, 6) is 0.602. The van der Waals surface area contributed by atoms with Gasteiger partial charge in [-0.25, -0.2) is 14.8 Å². The van der Waals surface area contributed by atoms with Gasteiger partial charge in [0.1, 0.15) is 21.2 Å². The van der Waals surface area contributed by atoms with Crippen molar-refractivity contribution < 1.29 is 19.1 Å². The molecule has 1 aliphatic heterocycles. The zero-order chi connectivity index (χ0) is 27.8. The third-order valence-corrected chi connectivity index (χ3v) is 7.99. The molecule has 2 aliphatic rings. The molecule has 1 aliphatic carbocycles. The standard InChI is InChI=1S/C30H25N5O4S/c1-3-24(36)32-20-10-7-11-21(20)33-28(37)27-26-25-23(14-15-31-29(25)40-27)35(30(38)34-26)22-13-12-19(16-17(22)2)39-18-8-5-4-6-9-18/h3-6,8-9,12-16,20H,1,7,10-11H2,2H3,(H,32,36)(H,34,38)/t20-/m0/s1. The molecule has 1 saturated carbocycles. The van der Waals surface area contributed by atoms with Crippen molar-refractivity contribution in [1.29, 1.82) is 0 Å². The summed E-state index contributed by atoms with van der Waals surface area (Å²) in [7, 11) is 0. The second-order valence-electron chi connectivity index (χ2n) is 9.51. The molecule has 4 aromatic rings. The maximum Gasteiger partial charge on any atom is 0.331 e. The Hall–Kier alpha value is -4.83. The molecule has 4 amide bonds. The summed E-state index contributed by atoms with van der Waals surface area (Å²) in [4.78, 5) is 50.0. The van der Waals surface area contributed by atoms with Crippen molar-refractivity contribution in [1.82, 2.24) is 10.3 Å². The second-order valence-corrected chi connectivity index (χ2v) is 10.5. The van der Waals surface area contributed by atoms with E-state index in [0.717, 1.165) is 17.7 Å². The normalized spacial score (nSPS) is 17.1. The highest BCUT2D eigenvalue weighted by Crippen LogP contribution is 2.46. The number of amides is 4. The molecule has 6 rings (SSSR count). The van der Waals surface area contributed by atoms with Crippen molar-refractivity contribution in [3.63, 3.8) is 0 Å². The van der Waals surface area contributed by atoms with Gasteiger partial charge in [-0.1, -0.05) is 24.8 Å². The molecule has 1 fully saturated rings. The second kappa shape index (κ2) is 10.4. The Labute approximate surface area is 234 Å². The smallest absolute Gasteiger partial charge is 0.331 e. The first-order chi connectivity index (χ1) is 19.4. The third-order valence-electron chi connectivity index (χ3n) is 6.90. The topological polar surface area (TPSA) is 113 Å². The SMILES string of the molecule is C=CC(=O)N[C@H]1CCCC1=NC(=O)c1sc2nccc3c2c1NC(=O)N3c1ccc(Oc2ccccc2)cc1C. The van der Waals surface area contributed by atoms with Gasteiger partial charge >= 0.3 is 6.03 Å². The zero-order valence-corrected chi connectivity index (χ0v) is 22.5. The molecule has 0 spiro atoms. The lowest BCUT2D eigenvalue weighted by atomic mass is 10.1. The van der Waals surface area contributed by atoms with E-state index in [9.17, 15) is 14.4 Å². The van der Waals surface area contributed by atoms with Crippen LogP contribution in [0.2, 0.25) is 0 Å². The maximum atomic E-state index is 13.5. The number of aliphatic imine (C=N–C) groups is 1. The van der Waals surface area contributed by atoms with Crippen LogP contribution in [0.25, 0.3) is 10.2 Å². The Bertz CT molecular complexity index is 1710. The van der Waals surface area contributed by atoms with Gasteiger partial charge in [0.25, 0.3) is 5.91 Å². The average Bonchev–Trinajstić information content (AvgIpc) is 3.55. The van der Waals surface area contributed by atoms with E-state index < -0.39 is 11.9 Å². The highest BCUT2D eigenvalue weighted by molar-refractivity contribution is 7.21. The Morgan fingerprint density at radius 1 is 1.18 bits per heavy atom. The molecule has 2 aromatic heterocycles. The monoisotopic (exact) mass is 551 g/mol. The number of pyridine rings is 1. The van der Waals surface area contributed by atoms with Crippen molar-refractivity contribution >= 4 is 62.2 Å². The molecule has 3 heterocycles. The molecule has 40 heavy (non-hydrogen) atoms. The average molecular weight is 552 g/mol. The van der Waals surface area contributed by atoms with Gasteiger partial charge in [0, 0.05) is 11.9 Å². The third kappa shape index (κ3) is 4.62. The molecule has 10 heteroatoms. The van der Waals surface area contributed by atoms with E-state index in [1.165, 1.54) is 17.4 Å². The van der Waals surface area contributed by atoms with Crippen LogP contribution in [-0.4, -0.2) is 34.6 Å². The van der Waals surface area contributed by atoms with Crippen LogP contribution in [0.1, 0.15) is 34.5 Å². The van der Waals surface area contributed by atoms with Gasteiger partial charge in [-0.3, -0.25) is 14.5 Å². The molecule has 1 atom stereocenters. The maximum absolute atomic E-state index is 13.5. The van der Waals surface area contributed by atoms with Gasteiger partial charge in [-0.05, 0) is 74.2 Å². The lowest BCUT2D eigenvalue weighted by Gasteiger charge is -2.29. The number of anilines is 3. The Morgan fingerprint density at radius 3 is 2.77 bits per heavy atom. The highest BCUT2D eigenvalue weighted by Gasteiger charge is 2.34. The molecule has 2 aromatic carbocycles. The minimum Gasteiger partial charge on any atom is -0.457 e. The van der Waals surface area contributed by atoms with E-state index in [0.29, 0.717) is 56.5 Å². The van der Waals surface area contributed by atoms with Crippen molar-refractivity contribution in [2.24, 2.45) is 4.99 Å². The van der Waals surface area contributed by atoms with Crippen molar-refractivity contribution in [3.8, 4) is 11.5 Å². The summed E-state index contributed by atoms with van der Waals surface area (Å²) in [6.07, 6.45) is 4.97. The minimum absolute atomic E-state index is 0.305. The number of hydrogen-bond donors (Lipinski definition) is 2. The highest BCUT2D eigenvalue weighted by atomic mass is 32.1. The summed E-state index contributed by atoms with van der Waals surface area (Å²) in [6.45, 7) is 5.40. The van der Waals surface area contributed by atoms with Crippen LogP contribution in [0, 0.1) is 6.92 Å². The number of nitrogens with one attached hydrogen (secondary N) is 2. The predicted molar refractivity (Wildman–Crippen MR) is 156 cm³/mol. The molecule has 0 saturated heterocycles. The van der Waals surface area contributed by atoms with E-state index in [1.807, 2.05) is 55.5 Å². The number of nitrogens with zero attached hydrogens (tertiary/aromatic N) is 3. The number of aryl methyl sites for hydroxylation is 1. The summed E-state index contributed by atoms with van der Waals surface area (Å²) in [5.41, 5.74) is 3.18. The van der Waals surface area contributed by atoms with Crippen molar-refractivity contribution in [2.75, 3.05) is 10.2 Å². The fraction of sp³-hybridized carbons (Fsp3) is 0.167. The van der Waals surface area contributed by atoms with E-state index in [4.69, 9.17) is 4.74 Å².